The molecule has 0 radical (unpaired) electrons. The van der Waals surface area contributed by atoms with Crippen molar-refractivity contribution in [2.24, 2.45) is 0 Å². The summed E-state index contributed by atoms with van der Waals surface area (Å²) in [5, 5.41) is 3.29. The Labute approximate surface area is 115 Å². The molecular weight excluding hydrogens is 292 g/mol. The summed E-state index contributed by atoms with van der Waals surface area (Å²) in [6.07, 6.45) is 1.83. The van der Waals surface area contributed by atoms with Gasteiger partial charge in [-0.3, -0.25) is 0 Å². The Morgan fingerprint density at radius 3 is 2.67 bits per heavy atom. The fraction of sp³-hybridized carbons (Fsp3) is 0.231. The molecule has 0 aliphatic rings. The second-order valence-electron chi connectivity index (χ2n) is 4.10. The molecule has 2 heterocycles. The van der Waals surface area contributed by atoms with Gasteiger partial charge < -0.3 is 10.2 Å². The SMILES string of the molecule is CN(C)c1ccc(NCc2cccc(Br)n2)cn1. The van der Waals surface area contributed by atoms with Gasteiger partial charge in [-0.15, -0.1) is 0 Å². The van der Waals surface area contributed by atoms with E-state index in [1.807, 2.05) is 55.5 Å². The van der Waals surface area contributed by atoms with E-state index in [-0.39, 0.29) is 0 Å². The van der Waals surface area contributed by atoms with Crippen molar-refractivity contribution in [1.29, 1.82) is 0 Å². The summed E-state index contributed by atoms with van der Waals surface area (Å²) in [7, 11) is 3.95. The molecular formula is C13H15BrN4. The maximum Gasteiger partial charge on any atom is 0.128 e. The Balaban J connectivity index is 1.98. The highest BCUT2D eigenvalue weighted by Crippen LogP contribution is 2.13. The monoisotopic (exact) mass is 306 g/mol. The molecule has 18 heavy (non-hydrogen) atoms. The van der Waals surface area contributed by atoms with E-state index in [0.29, 0.717) is 6.54 Å². The minimum Gasteiger partial charge on any atom is -0.378 e. The zero-order chi connectivity index (χ0) is 13.0. The molecule has 94 valence electrons. The van der Waals surface area contributed by atoms with Crippen LogP contribution in [-0.4, -0.2) is 24.1 Å². The van der Waals surface area contributed by atoms with Crippen LogP contribution in [-0.2, 0) is 6.54 Å². The Kier molecular flexibility index (Phi) is 4.15. The summed E-state index contributed by atoms with van der Waals surface area (Å²) in [6.45, 7) is 0.683. The van der Waals surface area contributed by atoms with Gasteiger partial charge in [0.25, 0.3) is 0 Å². The topological polar surface area (TPSA) is 41.0 Å². The molecule has 0 saturated heterocycles. The molecule has 1 N–H and O–H groups in total. The van der Waals surface area contributed by atoms with Gasteiger partial charge in [0.1, 0.15) is 10.4 Å². The number of hydrogen-bond acceptors (Lipinski definition) is 4. The molecule has 2 rings (SSSR count). The number of aromatic nitrogens is 2. The lowest BCUT2D eigenvalue weighted by Crippen LogP contribution is -2.10. The molecule has 4 nitrogen and oxygen atoms in total. The van der Waals surface area contributed by atoms with Crippen LogP contribution in [0.3, 0.4) is 0 Å². The van der Waals surface area contributed by atoms with Crippen molar-refractivity contribution in [3.63, 3.8) is 0 Å². The first-order chi connectivity index (χ1) is 8.65. The van der Waals surface area contributed by atoms with Crippen molar-refractivity contribution in [1.82, 2.24) is 9.97 Å². The second-order valence-corrected chi connectivity index (χ2v) is 4.92. The standard InChI is InChI=1S/C13H15BrN4/c1-18(2)13-7-6-10(8-16-13)15-9-11-4-3-5-12(14)17-11/h3-8,15H,9H2,1-2H3. The number of pyridine rings is 2. The van der Waals surface area contributed by atoms with Crippen molar-refractivity contribution >= 4 is 27.4 Å². The normalized spacial score (nSPS) is 10.2. The summed E-state index contributed by atoms with van der Waals surface area (Å²) in [5.74, 6) is 0.945. The van der Waals surface area contributed by atoms with Crippen molar-refractivity contribution in [2.45, 2.75) is 6.54 Å². The Hall–Kier alpha value is -1.62. The molecule has 0 atom stereocenters. The molecule has 0 fully saturated rings. The highest BCUT2D eigenvalue weighted by atomic mass is 79.9. The smallest absolute Gasteiger partial charge is 0.128 e. The summed E-state index contributed by atoms with van der Waals surface area (Å²) < 4.78 is 0.850. The van der Waals surface area contributed by atoms with Crippen molar-refractivity contribution < 1.29 is 0 Å². The summed E-state index contributed by atoms with van der Waals surface area (Å²) in [4.78, 5) is 10.7. The molecule has 0 aliphatic heterocycles. The van der Waals surface area contributed by atoms with E-state index in [0.717, 1.165) is 21.8 Å². The van der Waals surface area contributed by atoms with Gasteiger partial charge in [-0.25, -0.2) is 9.97 Å². The number of hydrogen-bond donors (Lipinski definition) is 1. The van der Waals surface area contributed by atoms with Gasteiger partial charge in [-0.05, 0) is 40.2 Å². The van der Waals surface area contributed by atoms with E-state index in [1.165, 1.54) is 0 Å². The van der Waals surface area contributed by atoms with E-state index >= 15 is 0 Å². The molecule has 0 aromatic carbocycles. The zero-order valence-electron chi connectivity index (χ0n) is 10.4. The lowest BCUT2D eigenvalue weighted by molar-refractivity contribution is 1.02. The number of anilines is 2. The van der Waals surface area contributed by atoms with E-state index in [1.54, 1.807) is 0 Å². The Morgan fingerprint density at radius 1 is 1.22 bits per heavy atom. The number of rotatable bonds is 4. The first kappa shape index (κ1) is 12.8. The van der Waals surface area contributed by atoms with Gasteiger partial charge in [0.15, 0.2) is 0 Å². The highest BCUT2D eigenvalue weighted by molar-refractivity contribution is 9.10. The molecule has 2 aromatic rings. The predicted molar refractivity (Wildman–Crippen MR) is 77.8 cm³/mol. The van der Waals surface area contributed by atoms with Gasteiger partial charge in [-0.2, -0.15) is 0 Å². The van der Waals surface area contributed by atoms with Crippen LogP contribution in [0.1, 0.15) is 5.69 Å². The minimum absolute atomic E-state index is 0.683. The maximum absolute atomic E-state index is 4.36. The lowest BCUT2D eigenvalue weighted by atomic mass is 10.3. The number of nitrogens with one attached hydrogen (secondary N) is 1. The van der Waals surface area contributed by atoms with Crippen LogP contribution < -0.4 is 10.2 Å². The molecule has 0 bridgehead atoms. The summed E-state index contributed by atoms with van der Waals surface area (Å²) >= 11 is 3.36. The van der Waals surface area contributed by atoms with Crippen molar-refractivity contribution in [3.05, 3.63) is 46.8 Å². The average Bonchev–Trinajstić information content (AvgIpc) is 2.37. The third-order valence-corrected chi connectivity index (χ3v) is 2.89. The van der Waals surface area contributed by atoms with Crippen LogP contribution >= 0.6 is 15.9 Å². The Morgan fingerprint density at radius 2 is 2.06 bits per heavy atom. The first-order valence-electron chi connectivity index (χ1n) is 5.64. The third-order valence-electron chi connectivity index (χ3n) is 2.45. The molecule has 0 aliphatic carbocycles. The van der Waals surface area contributed by atoms with Gasteiger partial charge in [0.05, 0.1) is 24.1 Å². The van der Waals surface area contributed by atoms with E-state index in [4.69, 9.17) is 0 Å². The first-order valence-corrected chi connectivity index (χ1v) is 6.43. The summed E-state index contributed by atoms with van der Waals surface area (Å²) in [6, 6.07) is 9.87. The predicted octanol–water partition coefficient (Wildman–Crippen LogP) is 2.92. The van der Waals surface area contributed by atoms with Crippen molar-refractivity contribution in [3.8, 4) is 0 Å². The van der Waals surface area contributed by atoms with Crippen LogP contribution in [0, 0.1) is 0 Å². The zero-order valence-corrected chi connectivity index (χ0v) is 12.0. The van der Waals surface area contributed by atoms with Crippen molar-refractivity contribution in [2.75, 3.05) is 24.3 Å². The fourth-order valence-electron chi connectivity index (χ4n) is 1.50. The fourth-order valence-corrected chi connectivity index (χ4v) is 1.88. The van der Waals surface area contributed by atoms with Gasteiger partial charge >= 0.3 is 0 Å². The molecule has 0 spiro atoms. The maximum atomic E-state index is 4.36. The van der Waals surface area contributed by atoms with Crippen LogP contribution in [0.25, 0.3) is 0 Å². The minimum atomic E-state index is 0.683. The second kappa shape index (κ2) is 5.82. The number of nitrogens with zero attached hydrogens (tertiary/aromatic N) is 3. The van der Waals surface area contributed by atoms with Gasteiger partial charge in [0.2, 0.25) is 0 Å². The Bertz CT molecular complexity index is 511. The molecule has 5 heteroatoms. The summed E-state index contributed by atoms with van der Waals surface area (Å²) in [5.41, 5.74) is 1.98. The third kappa shape index (κ3) is 3.43. The van der Waals surface area contributed by atoms with Crippen LogP contribution in [0.15, 0.2) is 41.1 Å². The number of halogens is 1. The lowest BCUT2D eigenvalue weighted by Gasteiger charge is -2.12. The van der Waals surface area contributed by atoms with Crippen LogP contribution in [0.5, 0.6) is 0 Å². The molecule has 0 saturated carbocycles. The molecule has 0 unspecified atom stereocenters. The average molecular weight is 307 g/mol. The quantitative estimate of drug-likeness (QED) is 0.882. The highest BCUT2D eigenvalue weighted by Gasteiger charge is 1.99. The van der Waals surface area contributed by atoms with Gasteiger partial charge in [0, 0.05) is 14.1 Å². The van der Waals surface area contributed by atoms with Gasteiger partial charge in [-0.1, -0.05) is 6.07 Å². The van der Waals surface area contributed by atoms with E-state index in [2.05, 4.69) is 31.2 Å². The van der Waals surface area contributed by atoms with Crippen LogP contribution in [0.2, 0.25) is 0 Å². The van der Waals surface area contributed by atoms with Crippen LogP contribution in [0.4, 0.5) is 11.5 Å². The van der Waals surface area contributed by atoms with E-state index < -0.39 is 0 Å². The van der Waals surface area contributed by atoms with E-state index in [9.17, 15) is 0 Å². The molecule has 0 amide bonds. The molecule has 2 aromatic heterocycles. The largest absolute Gasteiger partial charge is 0.378 e.